The number of fused-ring (bicyclic) bond motifs is 2. The van der Waals surface area contributed by atoms with Crippen molar-refractivity contribution in [2.75, 3.05) is 31.1 Å². The highest BCUT2D eigenvalue weighted by atomic mass is 19.3. The number of anilines is 1. The predicted molar refractivity (Wildman–Crippen MR) is 117 cm³/mol. The topological polar surface area (TPSA) is 82.4 Å². The van der Waals surface area contributed by atoms with Crippen molar-refractivity contribution in [3.63, 3.8) is 0 Å². The number of H-pyrrole nitrogens is 1. The summed E-state index contributed by atoms with van der Waals surface area (Å²) in [6, 6.07) is 3.84. The zero-order valence-electron chi connectivity index (χ0n) is 17.6. The molecule has 10 heteroatoms. The van der Waals surface area contributed by atoms with Crippen LogP contribution in [0.3, 0.4) is 0 Å². The molecule has 1 saturated heterocycles. The number of aromatic nitrogens is 5. The summed E-state index contributed by atoms with van der Waals surface area (Å²) >= 11 is 0. The Bertz CT molecular complexity index is 1330. The van der Waals surface area contributed by atoms with E-state index in [0.717, 1.165) is 60.7 Å². The summed E-state index contributed by atoms with van der Waals surface area (Å²) in [5, 5.41) is 0. The van der Waals surface area contributed by atoms with E-state index in [9.17, 15) is 13.6 Å². The number of nitrogens with zero attached hydrogens (tertiary/aromatic N) is 6. The molecule has 4 aromatic rings. The first-order valence-electron chi connectivity index (χ1n) is 10.6. The van der Waals surface area contributed by atoms with Crippen molar-refractivity contribution in [1.29, 1.82) is 0 Å². The minimum atomic E-state index is -2.60. The molecule has 0 aromatic carbocycles. The second-order valence-corrected chi connectivity index (χ2v) is 7.99. The van der Waals surface area contributed by atoms with E-state index < -0.39 is 6.43 Å². The highest BCUT2D eigenvalue weighted by molar-refractivity contribution is 5.74. The molecule has 8 nitrogen and oxygen atoms in total. The van der Waals surface area contributed by atoms with Crippen LogP contribution in [0, 0.1) is 0 Å². The van der Waals surface area contributed by atoms with Gasteiger partial charge in [-0.25, -0.2) is 18.7 Å². The van der Waals surface area contributed by atoms with Crippen molar-refractivity contribution in [1.82, 2.24) is 29.2 Å². The van der Waals surface area contributed by atoms with Gasteiger partial charge in [0.05, 0.1) is 23.4 Å². The van der Waals surface area contributed by atoms with E-state index in [4.69, 9.17) is 0 Å². The van der Waals surface area contributed by atoms with Crippen LogP contribution in [0.2, 0.25) is 0 Å². The summed E-state index contributed by atoms with van der Waals surface area (Å²) < 4.78 is 27.4. The van der Waals surface area contributed by atoms with Crippen LogP contribution in [0.1, 0.15) is 30.2 Å². The lowest BCUT2D eigenvalue weighted by Gasteiger charge is -2.35. The van der Waals surface area contributed by atoms with E-state index in [1.165, 1.54) is 12.4 Å². The van der Waals surface area contributed by atoms with E-state index in [-0.39, 0.29) is 11.3 Å². The molecule has 0 atom stereocenters. The summed E-state index contributed by atoms with van der Waals surface area (Å²) in [7, 11) is 0. The highest BCUT2D eigenvalue weighted by Gasteiger charge is 2.20. The van der Waals surface area contributed by atoms with Crippen molar-refractivity contribution in [3.05, 3.63) is 64.1 Å². The molecule has 4 aromatic heterocycles. The number of alkyl halides is 2. The Morgan fingerprint density at radius 1 is 1.09 bits per heavy atom. The zero-order valence-corrected chi connectivity index (χ0v) is 17.6. The van der Waals surface area contributed by atoms with Crippen molar-refractivity contribution < 1.29 is 8.78 Å². The normalized spacial score (nSPS) is 15.3. The van der Waals surface area contributed by atoms with Crippen molar-refractivity contribution in [3.8, 4) is 0 Å². The van der Waals surface area contributed by atoms with Crippen LogP contribution in [0.4, 0.5) is 14.6 Å². The number of halogens is 2. The Morgan fingerprint density at radius 2 is 1.91 bits per heavy atom. The molecule has 1 aliphatic rings. The molecule has 166 valence electrons. The Kier molecular flexibility index (Phi) is 5.30. The van der Waals surface area contributed by atoms with Gasteiger partial charge in [-0.3, -0.25) is 14.7 Å². The van der Waals surface area contributed by atoms with Crippen LogP contribution in [-0.4, -0.2) is 55.4 Å². The molecule has 0 bridgehead atoms. The molecule has 5 rings (SSSR count). The van der Waals surface area contributed by atoms with Crippen LogP contribution in [-0.2, 0) is 13.0 Å². The standard InChI is InChI=1S/C22H23F2N7O/c1-2-15-8-16-17(28-22(15)32)7-14(9-25-16)11-29-3-5-30(6-4-29)20-13-31-12-18(21(23)24)27-19(31)10-26-20/h7-10,12-13,21H,2-6,11H2,1H3,(H,28,32). The number of aromatic amines is 1. The Labute approximate surface area is 182 Å². The number of rotatable bonds is 5. The van der Waals surface area contributed by atoms with Gasteiger partial charge in [0, 0.05) is 50.7 Å². The predicted octanol–water partition coefficient (Wildman–Crippen LogP) is 2.79. The monoisotopic (exact) mass is 439 g/mol. The molecule has 5 heterocycles. The summed E-state index contributed by atoms with van der Waals surface area (Å²) in [5.74, 6) is 0.743. The van der Waals surface area contributed by atoms with E-state index in [1.807, 2.05) is 25.3 Å². The van der Waals surface area contributed by atoms with Gasteiger partial charge in [-0.2, -0.15) is 0 Å². The number of hydrogen-bond acceptors (Lipinski definition) is 6. The zero-order chi connectivity index (χ0) is 22.2. The lowest BCUT2D eigenvalue weighted by molar-refractivity contribution is 0.147. The van der Waals surface area contributed by atoms with E-state index in [0.29, 0.717) is 12.1 Å². The molecule has 0 aliphatic carbocycles. The number of aryl methyl sites for hydroxylation is 1. The average molecular weight is 439 g/mol. The first kappa shape index (κ1) is 20.5. The van der Waals surface area contributed by atoms with Gasteiger partial charge in [0.15, 0.2) is 5.65 Å². The Morgan fingerprint density at radius 3 is 2.66 bits per heavy atom. The smallest absolute Gasteiger partial charge is 0.281 e. The van der Waals surface area contributed by atoms with Gasteiger partial charge < -0.3 is 14.3 Å². The van der Waals surface area contributed by atoms with Crippen molar-refractivity contribution in [2.45, 2.75) is 26.3 Å². The van der Waals surface area contributed by atoms with Crippen molar-refractivity contribution >= 4 is 22.5 Å². The molecule has 1 fully saturated rings. The van der Waals surface area contributed by atoms with Gasteiger partial charge in [-0.15, -0.1) is 0 Å². The van der Waals surface area contributed by atoms with Gasteiger partial charge in [-0.05, 0) is 24.1 Å². The number of nitrogens with one attached hydrogen (secondary N) is 1. The average Bonchev–Trinajstić information content (AvgIpc) is 3.23. The van der Waals surface area contributed by atoms with Crippen molar-refractivity contribution in [2.24, 2.45) is 0 Å². The number of imidazole rings is 1. The molecule has 32 heavy (non-hydrogen) atoms. The molecular formula is C22H23F2N7O. The summed E-state index contributed by atoms with van der Waals surface area (Å²) in [4.78, 5) is 32.3. The van der Waals surface area contributed by atoms with Gasteiger partial charge in [-0.1, -0.05) is 6.92 Å². The van der Waals surface area contributed by atoms with E-state index >= 15 is 0 Å². The summed E-state index contributed by atoms with van der Waals surface area (Å²) in [5.41, 5.74) is 3.44. The number of pyridine rings is 2. The lowest BCUT2D eigenvalue weighted by atomic mass is 10.1. The van der Waals surface area contributed by atoms with Gasteiger partial charge >= 0.3 is 0 Å². The van der Waals surface area contributed by atoms with E-state index in [2.05, 4.69) is 29.7 Å². The molecule has 1 N–H and O–H groups in total. The first-order chi connectivity index (χ1) is 15.5. The van der Waals surface area contributed by atoms with Crippen LogP contribution < -0.4 is 10.5 Å². The van der Waals surface area contributed by atoms with Gasteiger partial charge in [0.1, 0.15) is 11.5 Å². The number of piperazine rings is 1. The second-order valence-electron chi connectivity index (χ2n) is 7.99. The SMILES string of the molecule is CCc1cc2ncc(CN3CCN(c4cn5cc(C(F)F)nc5cn4)CC3)cc2[nH]c1=O. The summed E-state index contributed by atoms with van der Waals surface area (Å²) in [6.07, 6.45) is 4.56. The maximum Gasteiger partial charge on any atom is 0.281 e. The molecular weight excluding hydrogens is 416 g/mol. The second kappa shape index (κ2) is 8.27. The minimum Gasteiger partial charge on any atom is -0.353 e. The minimum absolute atomic E-state index is 0.0596. The third-order valence-electron chi connectivity index (χ3n) is 5.88. The molecule has 0 saturated carbocycles. The maximum absolute atomic E-state index is 12.9. The fraction of sp³-hybridized carbons (Fsp3) is 0.364. The van der Waals surface area contributed by atoms with Crippen LogP contribution >= 0.6 is 0 Å². The van der Waals surface area contributed by atoms with Crippen LogP contribution in [0.15, 0.2) is 41.7 Å². The molecule has 0 amide bonds. The first-order valence-corrected chi connectivity index (χ1v) is 10.6. The Balaban J connectivity index is 1.25. The Hall–Kier alpha value is -3.40. The lowest BCUT2D eigenvalue weighted by Crippen LogP contribution is -2.46. The third-order valence-corrected chi connectivity index (χ3v) is 5.88. The van der Waals surface area contributed by atoms with Gasteiger partial charge in [0.25, 0.3) is 12.0 Å². The molecule has 0 spiro atoms. The van der Waals surface area contributed by atoms with Gasteiger partial charge in [0.2, 0.25) is 0 Å². The fourth-order valence-electron chi connectivity index (χ4n) is 4.09. The fourth-order valence-corrected chi connectivity index (χ4v) is 4.09. The van der Waals surface area contributed by atoms with Crippen LogP contribution in [0.25, 0.3) is 16.7 Å². The maximum atomic E-state index is 12.9. The quantitative estimate of drug-likeness (QED) is 0.515. The highest BCUT2D eigenvalue weighted by Crippen LogP contribution is 2.21. The van der Waals surface area contributed by atoms with E-state index in [1.54, 1.807) is 10.6 Å². The molecule has 0 radical (unpaired) electrons. The third kappa shape index (κ3) is 3.93. The molecule has 1 aliphatic heterocycles. The number of hydrogen-bond donors (Lipinski definition) is 1. The summed E-state index contributed by atoms with van der Waals surface area (Å²) in [6.45, 7) is 5.89. The largest absolute Gasteiger partial charge is 0.353 e. The van der Waals surface area contributed by atoms with Crippen LogP contribution in [0.5, 0.6) is 0 Å². The molecule has 0 unspecified atom stereocenters.